The molecular weight excluding hydrogens is 268 g/mol. The van der Waals surface area contributed by atoms with Gasteiger partial charge in [0.1, 0.15) is 0 Å². The van der Waals surface area contributed by atoms with Gasteiger partial charge in [0.15, 0.2) is 0 Å². The average molecular weight is 296 g/mol. The van der Waals surface area contributed by atoms with Crippen LogP contribution >= 0.6 is 0 Å². The zero-order valence-electron chi connectivity index (χ0n) is 13.9. The van der Waals surface area contributed by atoms with Crippen molar-refractivity contribution in [3.05, 3.63) is 17.0 Å². The number of hydrogen-bond acceptors (Lipinski definition) is 3. The van der Waals surface area contributed by atoms with Gasteiger partial charge in [0.2, 0.25) is 0 Å². The topological polar surface area (TPSA) is 79.2 Å². The first-order valence-electron chi connectivity index (χ1n) is 7.49. The summed E-state index contributed by atoms with van der Waals surface area (Å²) in [7, 11) is 1.91. The summed E-state index contributed by atoms with van der Waals surface area (Å²) in [5, 5.41) is 19.4. The van der Waals surface area contributed by atoms with Crippen molar-refractivity contribution in [1.29, 1.82) is 0 Å². The molecule has 0 radical (unpaired) electrons. The molecule has 2 amide bonds. The van der Waals surface area contributed by atoms with E-state index in [1.54, 1.807) is 0 Å². The van der Waals surface area contributed by atoms with Crippen molar-refractivity contribution in [2.45, 2.75) is 53.1 Å². The van der Waals surface area contributed by atoms with Crippen molar-refractivity contribution in [3.63, 3.8) is 0 Å². The highest BCUT2D eigenvalue weighted by molar-refractivity contribution is 5.74. The zero-order chi connectivity index (χ0) is 16.2. The first-order chi connectivity index (χ1) is 9.81. The molecule has 1 aromatic rings. The molecule has 1 heterocycles. The summed E-state index contributed by atoms with van der Waals surface area (Å²) in [4.78, 5) is 12.1. The quantitative estimate of drug-likeness (QED) is 0.749. The monoisotopic (exact) mass is 296 g/mol. The Kier molecular flexibility index (Phi) is 6.20. The number of aryl methyl sites for hydroxylation is 2. The van der Waals surface area contributed by atoms with Gasteiger partial charge < -0.3 is 15.7 Å². The number of carbonyl (C=O) groups is 1. The predicted octanol–water partition coefficient (Wildman–Crippen LogP) is 1.80. The van der Waals surface area contributed by atoms with Crippen LogP contribution in [0.3, 0.4) is 0 Å². The highest BCUT2D eigenvalue weighted by atomic mass is 16.3. The van der Waals surface area contributed by atoms with E-state index in [1.165, 1.54) is 0 Å². The Hall–Kier alpha value is -1.56. The average Bonchev–Trinajstić information content (AvgIpc) is 2.69. The van der Waals surface area contributed by atoms with Gasteiger partial charge in [-0.15, -0.1) is 0 Å². The Bertz CT molecular complexity index is 484. The van der Waals surface area contributed by atoms with Crippen LogP contribution in [-0.2, 0) is 7.05 Å². The maximum atomic E-state index is 12.1. The Labute approximate surface area is 126 Å². The van der Waals surface area contributed by atoms with Gasteiger partial charge in [-0.25, -0.2) is 4.79 Å². The van der Waals surface area contributed by atoms with Gasteiger partial charge in [0.05, 0.1) is 11.7 Å². The van der Waals surface area contributed by atoms with E-state index in [0.29, 0.717) is 0 Å². The Morgan fingerprint density at radius 3 is 2.38 bits per heavy atom. The minimum atomic E-state index is -0.211. The number of nitrogens with zero attached hydrogens (tertiary/aromatic N) is 2. The Balaban J connectivity index is 2.76. The molecule has 21 heavy (non-hydrogen) atoms. The second kappa shape index (κ2) is 7.45. The fraction of sp³-hybridized carbons (Fsp3) is 0.733. The van der Waals surface area contributed by atoms with Gasteiger partial charge in [-0.05, 0) is 33.1 Å². The van der Waals surface area contributed by atoms with Crippen molar-refractivity contribution in [2.75, 3.05) is 6.61 Å². The van der Waals surface area contributed by atoms with Crippen LogP contribution in [0.25, 0.3) is 0 Å². The predicted molar refractivity (Wildman–Crippen MR) is 83.1 cm³/mol. The molecule has 0 spiro atoms. The molecule has 3 N–H and O–H groups in total. The largest absolute Gasteiger partial charge is 0.396 e. The van der Waals surface area contributed by atoms with Crippen LogP contribution in [0.1, 0.15) is 50.2 Å². The normalized spacial score (nSPS) is 15.4. The molecule has 0 aliphatic carbocycles. The number of hydrogen-bond donors (Lipinski definition) is 3. The maximum absolute atomic E-state index is 12.1. The minimum absolute atomic E-state index is 0.0256. The fourth-order valence-electron chi connectivity index (χ4n) is 2.38. The zero-order valence-corrected chi connectivity index (χ0v) is 13.9. The Morgan fingerprint density at radius 1 is 1.33 bits per heavy atom. The highest BCUT2D eigenvalue weighted by Crippen LogP contribution is 2.23. The summed E-state index contributed by atoms with van der Waals surface area (Å²) in [6, 6.07) is -0.351. The molecule has 0 saturated carbocycles. The lowest BCUT2D eigenvalue weighted by Crippen LogP contribution is -2.45. The summed E-state index contributed by atoms with van der Waals surface area (Å²) >= 11 is 0. The minimum Gasteiger partial charge on any atom is -0.396 e. The molecule has 0 aromatic carbocycles. The van der Waals surface area contributed by atoms with Crippen LogP contribution in [0.2, 0.25) is 0 Å². The van der Waals surface area contributed by atoms with Crippen LogP contribution in [0.15, 0.2) is 0 Å². The van der Waals surface area contributed by atoms with Gasteiger partial charge >= 0.3 is 6.03 Å². The first kappa shape index (κ1) is 17.5. The maximum Gasteiger partial charge on any atom is 0.315 e. The number of aliphatic hydroxyl groups excluding tert-OH is 1. The van der Waals surface area contributed by atoms with Gasteiger partial charge in [0.25, 0.3) is 0 Å². The summed E-state index contributed by atoms with van der Waals surface area (Å²) < 4.78 is 1.84. The van der Waals surface area contributed by atoms with E-state index in [-0.39, 0.29) is 30.6 Å². The number of aliphatic hydroxyl groups is 1. The fourth-order valence-corrected chi connectivity index (χ4v) is 2.38. The molecule has 0 aliphatic heterocycles. The smallest absolute Gasteiger partial charge is 0.315 e. The standard InChI is InChI=1S/C15H28N4O2/c1-7-13(14-11(4)18-19(6)12(14)5)17-15(21)16-10(3)9(2)8-20/h9-10,13,20H,7-8H2,1-6H3,(H2,16,17,21). The molecule has 3 unspecified atom stereocenters. The van der Waals surface area contributed by atoms with Gasteiger partial charge in [-0.1, -0.05) is 13.8 Å². The molecule has 0 bridgehead atoms. The van der Waals surface area contributed by atoms with Crippen LogP contribution in [-0.4, -0.2) is 33.6 Å². The van der Waals surface area contributed by atoms with Crippen molar-refractivity contribution in [3.8, 4) is 0 Å². The van der Waals surface area contributed by atoms with Crippen molar-refractivity contribution in [2.24, 2.45) is 13.0 Å². The van der Waals surface area contributed by atoms with E-state index in [4.69, 9.17) is 5.11 Å². The molecule has 1 rings (SSSR count). The SMILES string of the molecule is CCC(NC(=O)NC(C)C(C)CO)c1c(C)nn(C)c1C. The molecule has 0 aliphatic rings. The number of urea groups is 1. The number of aromatic nitrogens is 2. The molecule has 120 valence electrons. The van der Waals surface area contributed by atoms with Gasteiger partial charge in [-0.2, -0.15) is 5.10 Å². The number of rotatable bonds is 6. The van der Waals surface area contributed by atoms with E-state index < -0.39 is 0 Å². The van der Waals surface area contributed by atoms with Crippen LogP contribution in [0.5, 0.6) is 0 Å². The third kappa shape index (κ3) is 4.20. The van der Waals surface area contributed by atoms with Gasteiger partial charge in [-0.3, -0.25) is 4.68 Å². The van der Waals surface area contributed by atoms with Crippen LogP contribution in [0.4, 0.5) is 4.79 Å². The second-order valence-corrected chi connectivity index (χ2v) is 5.74. The molecule has 0 fully saturated rings. The van der Waals surface area contributed by atoms with E-state index in [2.05, 4.69) is 15.7 Å². The van der Waals surface area contributed by atoms with E-state index in [9.17, 15) is 4.79 Å². The lowest BCUT2D eigenvalue weighted by molar-refractivity contribution is 0.199. The van der Waals surface area contributed by atoms with Crippen molar-refractivity contribution in [1.82, 2.24) is 20.4 Å². The van der Waals surface area contributed by atoms with E-state index in [1.807, 2.05) is 46.3 Å². The second-order valence-electron chi connectivity index (χ2n) is 5.74. The molecular formula is C15H28N4O2. The van der Waals surface area contributed by atoms with Gasteiger partial charge in [0, 0.05) is 31.0 Å². The number of carbonyl (C=O) groups excluding carboxylic acids is 1. The number of nitrogens with one attached hydrogen (secondary N) is 2. The van der Waals surface area contributed by atoms with E-state index >= 15 is 0 Å². The Morgan fingerprint density at radius 2 is 1.95 bits per heavy atom. The molecule has 6 heteroatoms. The molecule has 0 saturated heterocycles. The molecule has 6 nitrogen and oxygen atoms in total. The summed E-state index contributed by atoms with van der Waals surface area (Å²) in [5.41, 5.74) is 3.09. The summed E-state index contributed by atoms with van der Waals surface area (Å²) in [5.74, 6) is 0.0256. The van der Waals surface area contributed by atoms with Crippen molar-refractivity contribution >= 4 is 6.03 Å². The number of amides is 2. The van der Waals surface area contributed by atoms with Crippen LogP contribution < -0.4 is 10.6 Å². The molecule has 1 aromatic heterocycles. The molecule has 3 atom stereocenters. The van der Waals surface area contributed by atoms with Crippen LogP contribution in [0, 0.1) is 19.8 Å². The highest BCUT2D eigenvalue weighted by Gasteiger charge is 2.22. The summed E-state index contributed by atoms with van der Waals surface area (Å²) in [6.07, 6.45) is 0.796. The first-order valence-corrected chi connectivity index (χ1v) is 7.49. The third-order valence-electron chi connectivity index (χ3n) is 4.13. The third-order valence-corrected chi connectivity index (χ3v) is 4.13. The lowest BCUT2D eigenvalue weighted by atomic mass is 10.0. The van der Waals surface area contributed by atoms with Crippen molar-refractivity contribution < 1.29 is 9.90 Å². The van der Waals surface area contributed by atoms with E-state index in [0.717, 1.165) is 23.4 Å². The lowest BCUT2D eigenvalue weighted by Gasteiger charge is -2.23. The summed E-state index contributed by atoms with van der Waals surface area (Å²) in [6.45, 7) is 9.85.